The maximum Gasteiger partial charge on any atom is 0.165 e. The van der Waals surface area contributed by atoms with E-state index >= 15 is 0 Å². The summed E-state index contributed by atoms with van der Waals surface area (Å²) in [6, 6.07) is 6.02. The van der Waals surface area contributed by atoms with Crippen molar-refractivity contribution in [3.05, 3.63) is 35.7 Å². The van der Waals surface area contributed by atoms with Gasteiger partial charge < -0.3 is 15.2 Å². The predicted molar refractivity (Wildman–Crippen MR) is 78.3 cm³/mol. The summed E-state index contributed by atoms with van der Waals surface area (Å²) in [5.74, 6) is 1.65. The van der Waals surface area contributed by atoms with Crippen molar-refractivity contribution < 1.29 is 9.47 Å². The van der Waals surface area contributed by atoms with Crippen LogP contribution < -0.4 is 15.2 Å². The van der Waals surface area contributed by atoms with E-state index in [4.69, 9.17) is 15.2 Å². The van der Waals surface area contributed by atoms with E-state index in [0.717, 1.165) is 23.6 Å². The van der Waals surface area contributed by atoms with Gasteiger partial charge in [-0.1, -0.05) is 17.3 Å². The zero-order chi connectivity index (χ0) is 14.9. The number of nitrogens with two attached hydrogens (primary N) is 1. The Balaban J connectivity index is 1.63. The Bertz CT molecular complexity index is 636. The van der Waals surface area contributed by atoms with Crippen molar-refractivity contribution in [3.8, 4) is 11.5 Å². The summed E-state index contributed by atoms with van der Waals surface area (Å²) in [4.78, 5) is 0. The molecule has 1 aromatic heterocycles. The summed E-state index contributed by atoms with van der Waals surface area (Å²) in [6.45, 7) is 5.70. The van der Waals surface area contributed by atoms with Gasteiger partial charge in [-0.05, 0) is 19.9 Å². The molecule has 0 bridgehead atoms. The molecular formula is C15H20N4O2. The van der Waals surface area contributed by atoms with Crippen molar-refractivity contribution in [1.29, 1.82) is 0 Å². The Hall–Kier alpha value is -2.08. The number of benzene rings is 1. The van der Waals surface area contributed by atoms with Crippen molar-refractivity contribution in [1.82, 2.24) is 15.0 Å². The van der Waals surface area contributed by atoms with Crippen LogP contribution in [0.2, 0.25) is 0 Å². The molecule has 0 spiro atoms. The molecule has 1 aromatic carbocycles. The number of nitrogens with zero attached hydrogens (tertiary/aromatic N) is 3. The van der Waals surface area contributed by atoms with Gasteiger partial charge in [-0.25, -0.2) is 4.68 Å². The second-order valence-corrected chi connectivity index (χ2v) is 5.81. The first-order valence-corrected chi connectivity index (χ1v) is 7.10. The van der Waals surface area contributed by atoms with Gasteiger partial charge in [0.1, 0.15) is 12.2 Å². The lowest BCUT2D eigenvalue weighted by molar-refractivity contribution is 0.131. The van der Waals surface area contributed by atoms with E-state index in [1.54, 1.807) is 4.68 Å². The summed E-state index contributed by atoms with van der Waals surface area (Å²) in [5.41, 5.74) is 7.32. The first-order chi connectivity index (χ1) is 10.1. The van der Waals surface area contributed by atoms with Gasteiger partial charge in [-0.15, -0.1) is 5.10 Å². The van der Waals surface area contributed by atoms with E-state index in [2.05, 4.69) is 30.2 Å². The molecule has 3 rings (SSSR count). The van der Waals surface area contributed by atoms with Crippen molar-refractivity contribution in [2.24, 2.45) is 5.73 Å². The van der Waals surface area contributed by atoms with E-state index in [1.165, 1.54) is 5.56 Å². The predicted octanol–water partition coefficient (Wildman–Crippen LogP) is 1.53. The lowest BCUT2D eigenvalue weighted by Crippen LogP contribution is -2.24. The Morgan fingerprint density at radius 2 is 2.29 bits per heavy atom. The highest BCUT2D eigenvalue weighted by atomic mass is 16.5. The van der Waals surface area contributed by atoms with Gasteiger partial charge in [-0.3, -0.25) is 0 Å². The SMILES string of the molecule is CC1(C)Cc2cccc(OCCn3cc(CN)nn3)c2O1. The maximum absolute atomic E-state index is 5.97. The molecule has 112 valence electrons. The highest BCUT2D eigenvalue weighted by Gasteiger charge is 2.32. The number of fused-ring (bicyclic) bond motifs is 1. The maximum atomic E-state index is 5.97. The summed E-state index contributed by atoms with van der Waals surface area (Å²) < 4.78 is 13.5. The van der Waals surface area contributed by atoms with Crippen LogP contribution >= 0.6 is 0 Å². The van der Waals surface area contributed by atoms with E-state index in [-0.39, 0.29) is 5.60 Å². The van der Waals surface area contributed by atoms with E-state index in [1.807, 2.05) is 18.3 Å². The van der Waals surface area contributed by atoms with Gasteiger partial charge in [0.25, 0.3) is 0 Å². The summed E-state index contributed by atoms with van der Waals surface area (Å²) in [5, 5.41) is 7.93. The number of aromatic nitrogens is 3. The van der Waals surface area contributed by atoms with Crippen LogP contribution in [0.3, 0.4) is 0 Å². The first-order valence-electron chi connectivity index (χ1n) is 7.10. The molecule has 1 aliphatic heterocycles. The van der Waals surface area contributed by atoms with E-state index < -0.39 is 0 Å². The highest BCUT2D eigenvalue weighted by molar-refractivity contribution is 5.50. The zero-order valence-electron chi connectivity index (χ0n) is 12.4. The van der Waals surface area contributed by atoms with Gasteiger partial charge in [-0.2, -0.15) is 0 Å². The van der Waals surface area contributed by atoms with Crippen LogP contribution in [-0.4, -0.2) is 27.2 Å². The molecule has 0 atom stereocenters. The van der Waals surface area contributed by atoms with Crippen LogP contribution in [-0.2, 0) is 19.5 Å². The fourth-order valence-electron chi connectivity index (χ4n) is 2.49. The fourth-order valence-corrected chi connectivity index (χ4v) is 2.49. The molecule has 0 saturated carbocycles. The average Bonchev–Trinajstić information content (AvgIpc) is 3.01. The number of ether oxygens (including phenoxy) is 2. The Morgan fingerprint density at radius 1 is 1.43 bits per heavy atom. The second kappa shape index (κ2) is 5.37. The number of rotatable bonds is 5. The molecule has 2 aromatic rings. The average molecular weight is 288 g/mol. The topological polar surface area (TPSA) is 75.2 Å². The zero-order valence-corrected chi connectivity index (χ0v) is 12.4. The van der Waals surface area contributed by atoms with Crippen molar-refractivity contribution >= 4 is 0 Å². The Labute approximate surface area is 123 Å². The second-order valence-electron chi connectivity index (χ2n) is 5.81. The highest BCUT2D eigenvalue weighted by Crippen LogP contribution is 2.41. The molecule has 0 saturated heterocycles. The fraction of sp³-hybridized carbons (Fsp3) is 0.467. The third-order valence-electron chi connectivity index (χ3n) is 3.43. The summed E-state index contributed by atoms with van der Waals surface area (Å²) in [7, 11) is 0. The lowest BCUT2D eigenvalue weighted by Gasteiger charge is -2.18. The molecule has 0 aliphatic carbocycles. The van der Waals surface area contributed by atoms with Crippen LogP contribution in [0.15, 0.2) is 24.4 Å². The smallest absolute Gasteiger partial charge is 0.165 e. The molecule has 0 radical (unpaired) electrons. The van der Waals surface area contributed by atoms with Crippen LogP contribution in [0.5, 0.6) is 11.5 Å². The number of hydrogen-bond donors (Lipinski definition) is 1. The van der Waals surface area contributed by atoms with Gasteiger partial charge in [0.2, 0.25) is 0 Å². The molecule has 6 nitrogen and oxygen atoms in total. The van der Waals surface area contributed by atoms with Crippen LogP contribution in [0.1, 0.15) is 25.1 Å². The summed E-state index contributed by atoms with van der Waals surface area (Å²) >= 11 is 0. The Morgan fingerprint density at radius 3 is 3.05 bits per heavy atom. The standard InChI is InChI=1S/C15H20N4O2/c1-15(2)8-11-4-3-5-13(14(11)21-15)20-7-6-19-10-12(9-16)17-18-19/h3-5,10H,6-9,16H2,1-2H3. The lowest BCUT2D eigenvalue weighted by atomic mass is 10.0. The van der Waals surface area contributed by atoms with Gasteiger partial charge in [0, 0.05) is 24.7 Å². The van der Waals surface area contributed by atoms with Gasteiger partial charge in [0.15, 0.2) is 11.5 Å². The Kier molecular flexibility index (Phi) is 3.55. The molecule has 6 heteroatoms. The molecule has 21 heavy (non-hydrogen) atoms. The third-order valence-corrected chi connectivity index (χ3v) is 3.43. The van der Waals surface area contributed by atoms with Gasteiger partial charge >= 0.3 is 0 Å². The monoisotopic (exact) mass is 288 g/mol. The number of para-hydroxylation sites is 1. The number of hydrogen-bond acceptors (Lipinski definition) is 5. The molecule has 0 amide bonds. The van der Waals surface area contributed by atoms with Crippen LogP contribution in [0, 0.1) is 0 Å². The molecule has 0 fully saturated rings. The molecule has 2 N–H and O–H groups in total. The minimum absolute atomic E-state index is 0.163. The largest absolute Gasteiger partial charge is 0.488 e. The molecular weight excluding hydrogens is 268 g/mol. The van der Waals surface area contributed by atoms with E-state index in [0.29, 0.717) is 19.7 Å². The van der Waals surface area contributed by atoms with Crippen molar-refractivity contribution in [2.75, 3.05) is 6.61 Å². The first kappa shape index (κ1) is 13.9. The molecule has 1 aliphatic rings. The van der Waals surface area contributed by atoms with E-state index in [9.17, 15) is 0 Å². The summed E-state index contributed by atoms with van der Waals surface area (Å²) in [6.07, 6.45) is 2.74. The molecule has 0 unspecified atom stereocenters. The van der Waals surface area contributed by atoms with Crippen molar-refractivity contribution in [2.45, 2.75) is 39.0 Å². The van der Waals surface area contributed by atoms with Crippen molar-refractivity contribution in [3.63, 3.8) is 0 Å². The minimum atomic E-state index is -0.163. The minimum Gasteiger partial charge on any atom is -0.488 e. The quantitative estimate of drug-likeness (QED) is 0.903. The van der Waals surface area contributed by atoms with Gasteiger partial charge in [0.05, 0.1) is 12.2 Å². The van der Waals surface area contributed by atoms with Crippen LogP contribution in [0.25, 0.3) is 0 Å². The van der Waals surface area contributed by atoms with Crippen LogP contribution in [0.4, 0.5) is 0 Å². The third kappa shape index (κ3) is 3.00. The normalized spacial score (nSPS) is 15.6. The molecule has 2 heterocycles.